The summed E-state index contributed by atoms with van der Waals surface area (Å²) in [5, 5.41) is 9.91. The van der Waals surface area contributed by atoms with Crippen LogP contribution < -0.4 is 0 Å². The fourth-order valence-corrected chi connectivity index (χ4v) is 4.95. The molecule has 0 spiro atoms. The van der Waals surface area contributed by atoms with E-state index in [1.807, 2.05) is 30.3 Å². The van der Waals surface area contributed by atoms with Crippen molar-refractivity contribution >= 4 is 9.84 Å². The van der Waals surface area contributed by atoms with Gasteiger partial charge < -0.3 is 14.8 Å². The standard InChI is InChI=1S/C25H30N2O4S/c1-17(28)20-9-12-26-25(16-20)24-8-7-23(27-24)22(15-18-10-13-31-14-11-18)19-3-5-21(6-4-19)32(2,29)30/h3-9,12,16-18,22,27-28H,10-11,13-15H2,1-2H3. The molecule has 0 aliphatic carbocycles. The van der Waals surface area contributed by atoms with Crippen molar-refractivity contribution < 1.29 is 18.3 Å². The number of sulfone groups is 1. The highest BCUT2D eigenvalue weighted by atomic mass is 32.2. The van der Waals surface area contributed by atoms with Gasteiger partial charge in [0.05, 0.1) is 22.4 Å². The minimum absolute atomic E-state index is 0.111. The molecule has 32 heavy (non-hydrogen) atoms. The van der Waals surface area contributed by atoms with Gasteiger partial charge in [-0.3, -0.25) is 4.98 Å². The molecule has 4 rings (SSSR count). The zero-order chi connectivity index (χ0) is 22.7. The van der Waals surface area contributed by atoms with E-state index in [0.29, 0.717) is 10.8 Å². The highest BCUT2D eigenvalue weighted by Gasteiger charge is 2.24. The molecule has 1 fully saturated rings. The first kappa shape index (κ1) is 22.7. The van der Waals surface area contributed by atoms with E-state index in [1.165, 1.54) is 6.26 Å². The smallest absolute Gasteiger partial charge is 0.175 e. The molecule has 0 amide bonds. The second kappa shape index (κ2) is 9.57. The minimum Gasteiger partial charge on any atom is -0.389 e. The molecule has 3 heterocycles. The molecule has 7 heteroatoms. The average Bonchev–Trinajstić information content (AvgIpc) is 3.28. The summed E-state index contributed by atoms with van der Waals surface area (Å²) in [6.07, 6.45) is 5.41. The fourth-order valence-electron chi connectivity index (χ4n) is 4.32. The summed E-state index contributed by atoms with van der Waals surface area (Å²) < 4.78 is 29.3. The van der Waals surface area contributed by atoms with Crippen LogP contribution in [-0.4, -0.2) is 43.0 Å². The third-order valence-electron chi connectivity index (χ3n) is 6.25. The van der Waals surface area contributed by atoms with Crippen molar-refractivity contribution in [3.05, 3.63) is 71.5 Å². The van der Waals surface area contributed by atoms with Gasteiger partial charge in [-0.15, -0.1) is 0 Å². The number of aromatic nitrogens is 2. The topological polar surface area (TPSA) is 92.3 Å². The summed E-state index contributed by atoms with van der Waals surface area (Å²) in [7, 11) is -3.23. The lowest BCUT2D eigenvalue weighted by atomic mass is 9.83. The van der Waals surface area contributed by atoms with E-state index in [4.69, 9.17) is 4.74 Å². The molecule has 0 bridgehead atoms. The number of ether oxygens (including phenoxy) is 1. The maximum atomic E-state index is 11.9. The SMILES string of the molecule is CC(O)c1ccnc(-c2ccc(C(CC3CCOCC3)c3ccc(S(C)(=O)=O)cc3)[nH]2)c1. The minimum atomic E-state index is -3.23. The molecular weight excluding hydrogens is 424 g/mol. The summed E-state index contributed by atoms with van der Waals surface area (Å²) in [5.41, 5.74) is 4.66. The Hall–Kier alpha value is -2.48. The van der Waals surface area contributed by atoms with Crippen molar-refractivity contribution in [2.24, 2.45) is 5.92 Å². The van der Waals surface area contributed by atoms with Gasteiger partial charge in [0.2, 0.25) is 0 Å². The van der Waals surface area contributed by atoms with Crippen LogP contribution in [0.2, 0.25) is 0 Å². The molecule has 0 radical (unpaired) electrons. The largest absolute Gasteiger partial charge is 0.389 e. The van der Waals surface area contributed by atoms with Gasteiger partial charge in [-0.1, -0.05) is 12.1 Å². The number of hydrogen-bond donors (Lipinski definition) is 2. The molecule has 1 aliphatic heterocycles. The Balaban J connectivity index is 1.66. The van der Waals surface area contributed by atoms with Gasteiger partial charge in [-0.25, -0.2) is 8.42 Å². The van der Waals surface area contributed by atoms with Gasteiger partial charge in [0.1, 0.15) is 0 Å². The Morgan fingerprint density at radius 2 is 1.81 bits per heavy atom. The maximum absolute atomic E-state index is 11.9. The van der Waals surface area contributed by atoms with Crippen molar-refractivity contribution in [3.8, 4) is 11.4 Å². The van der Waals surface area contributed by atoms with Crippen molar-refractivity contribution in [1.29, 1.82) is 0 Å². The molecule has 0 saturated carbocycles. The molecule has 2 unspecified atom stereocenters. The van der Waals surface area contributed by atoms with E-state index < -0.39 is 15.9 Å². The Morgan fingerprint density at radius 1 is 1.09 bits per heavy atom. The summed E-state index contributed by atoms with van der Waals surface area (Å²) in [6, 6.07) is 15.1. The third kappa shape index (κ3) is 5.28. The van der Waals surface area contributed by atoms with E-state index in [1.54, 1.807) is 25.3 Å². The molecule has 6 nitrogen and oxygen atoms in total. The number of pyridine rings is 1. The number of nitrogens with zero attached hydrogens (tertiary/aromatic N) is 1. The monoisotopic (exact) mass is 454 g/mol. The van der Waals surface area contributed by atoms with E-state index >= 15 is 0 Å². The Bertz CT molecular complexity index is 1150. The number of rotatable bonds is 7. The van der Waals surface area contributed by atoms with Crippen LogP contribution in [-0.2, 0) is 14.6 Å². The lowest BCUT2D eigenvalue weighted by molar-refractivity contribution is 0.0626. The van der Waals surface area contributed by atoms with E-state index in [2.05, 4.69) is 16.0 Å². The molecule has 2 atom stereocenters. The molecule has 2 N–H and O–H groups in total. The molecule has 2 aromatic heterocycles. The number of aliphatic hydroxyl groups is 1. The van der Waals surface area contributed by atoms with Crippen LogP contribution in [0, 0.1) is 5.92 Å². The van der Waals surface area contributed by atoms with Crippen LogP contribution >= 0.6 is 0 Å². The third-order valence-corrected chi connectivity index (χ3v) is 7.38. The number of H-pyrrole nitrogens is 1. The second-order valence-corrected chi connectivity index (χ2v) is 10.7. The summed E-state index contributed by atoms with van der Waals surface area (Å²) in [5.74, 6) is 0.659. The average molecular weight is 455 g/mol. The van der Waals surface area contributed by atoms with Crippen molar-refractivity contribution in [1.82, 2.24) is 9.97 Å². The van der Waals surface area contributed by atoms with E-state index in [0.717, 1.165) is 60.7 Å². The first-order valence-corrected chi connectivity index (χ1v) is 12.9. The first-order chi connectivity index (χ1) is 15.3. The number of aromatic amines is 1. The van der Waals surface area contributed by atoms with Crippen LogP contribution in [0.15, 0.2) is 59.6 Å². The zero-order valence-corrected chi connectivity index (χ0v) is 19.3. The molecule has 1 saturated heterocycles. The van der Waals surface area contributed by atoms with Crippen LogP contribution in [0.5, 0.6) is 0 Å². The highest BCUT2D eigenvalue weighted by Crippen LogP contribution is 2.35. The van der Waals surface area contributed by atoms with E-state index in [-0.39, 0.29) is 5.92 Å². The van der Waals surface area contributed by atoms with Crippen LogP contribution in [0.3, 0.4) is 0 Å². The van der Waals surface area contributed by atoms with Crippen LogP contribution in [0.25, 0.3) is 11.4 Å². The number of aliphatic hydroxyl groups excluding tert-OH is 1. The van der Waals surface area contributed by atoms with Gasteiger partial charge in [0.25, 0.3) is 0 Å². The summed E-state index contributed by atoms with van der Waals surface area (Å²) in [6.45, 7) is 3.32. The van der Waals surface area contributed by atoms with Crippen molar-refractivity contribution in [3.63, 3.8) is 0 Å². The lowest BCUT2D eigenvalue weighted by Gasteiger charge is -2.27. The Labute approximate surface area is 189 Å². The van der Waals surface area contributed by atoms with Crippen molar-refractivity contribution in [2.75, 3.05) is 19.5 Å². The molecule has 1 aliphatic rings. The van der Waals surface area contributed by atoms with E-state index in [9.17, 15) is 13.5 Å². The predicted molar refractivity (Wildman–Crippen MR) is 124 cm³/mol. The van der Waals surface area contributed by atoms with Crippen molar-refractivity contribution in [2.45, 2.75) is 43.1 Å². The van der Waals surface area contributed by atoms with Gasteiger partial charge in [-0.2, -0.15) is 0 Å². The Morgan fingerprint density at radius 3 is 2.47 bits per heavy atom. The fraction of sp³-hybridized carbons (Fsp3) is 0.400. The second-order valence-electron chi connectivity index (χ2n) is 8.66. The van der Waals surface area contributed by atoms with Gasteiger partial charge in [0.15, 0.2) is 9.84 Å². The lowest BCUT2D eigenvalue weighted by Crippen LogP contribution is -2.18. The number of nitrogens with one attached hydrogen (secondary N) is 1. The normalized spacial score (nSPS) is 17.2. The van der Waals surface area contributed by atoms with Gasteiger partial charge in [0, 0.05) is 37.3 Å². The number of benzene rings is 1. The molecular formula is C25H30N2O4S. The molecule has 1 aromatic carbocycles. The number of hydrogen-bond acceptors (Lipinski definition) is 5. The molecule has 170 valence electrons. The van der Waals surface area contributed by atoms with Crippen LogP contribution in [0.4, 0.5) is 0 Å². The predicted octanol–water partition coefficient (Wildman–Crippen LogP) is 4.48. The van der Waals surface area contributed by atoms with Gasteiger partial charge >= 0.3 is 0 Å². The Kier molecular flexibility index (Phi) is 6.79. The zero-order valence-electron chi connectivity index (χ0n) is 18.5. The van der Waals surface area contributed by atoms with Crippen LogP contribution in [0.1, 0.15) is 55.0 Å². The summed E-state index contributed by atoms with van der Waals surface area (Å²) >= 11 is 0. The summed E-state index contributed by atoms with van der Waals surface area (Å²) in [4.78, 5) is 8.33. The highest BCUT2D eigenvalue weighted by molar-refractivity contribution is 7.90. The molecule has 3 aromatic rings. The maximum Gasteiger partial charge on any atom is 0.175 e. The first-order valence-electron chi connectivity index (χ1n) is 11.0. The quantitative estimate of drug-likeness (QED) is 0.549. The van der Waals surface area contributed by atoms with Gasteiger partial charge in [-0.05, 0) is 79.6 Å².